The first-order valence-corrected chi connectivity index (χ1v) is 8.44. The molecule has 1 aromatic rings. The van der Waals surface area contributed by atoms with E-state index in [9.17, 15) is 0 Å². The number of para-hydroxylation sites is 1. The lowest BCUT2D eigenvalue weighted by Gasteiger charge is -2.21. The molecule has 1 aliphatic rings. The quantitative estimate of drug-likeness (QED) is 0.651. The first-order chi connectivity index (χ1) is 10.2. The van der Waals surface area contributed by atoms with Crippen LogP contribution >= 0.6 is 15.9 Å². The molecule has 1 aromatic carbocycles. The summed E-state index contributed by atoms with van der Waals surface area (Å²) in [6.07, 6.45) is 2.56. The topological polar surface area (TPSA) is 36.9 Å². The molecule has 21 heavy (non-hydrogen) atoms. The van der Waals surface area contributed by atoms with Gasteiger partial charge in [0.15, 0.2) is 5.96 Å². The summed E-state index contributed by atoms with van der Waals surface area (Å²) in [7, 11) is 0. The van der Waals surface area contributed by atoms with Crippen molar-refractivity contribution in [2.24, 2.45) is 4.99 Å². The predicted molar refractivity (Wildman–Crippen MR) is 91.0 cm³/mol. The van der Waals surface area contributed by atoms with Crippen molar-refractivity contribution in [3.8, 4) is 5.75 Å². The fourth-order valence-corrected chi connectivity index (χ4v) is 2.74. The molecule has 0 spiro atoms. The molecule has 0 aromatic heterocycles. The molecule has 0 aliphatic carbocycles. The fourth-order valence-electron chi connectivity index (χ4n) is 2.36. The lowest BCUT2D eigenvalue weighted by Crippen LogP contribution is -2.40. The van der Waals surface area contributed by atoms with E-state index in [-0.39, 0.29) is 6.10 Å². The Kier molecular flexibility index (Phi) is 6.36. The van der Waals surface area contributed by atoms with E-state index in [1.165, 1.54) is 12.8 Å². The zero-order valence-corrected chi connectivity index (χ0v) is 14.4. The minimum atomic E-state index is 0.0416. The van der Waals surface area contributed by atoms with Crippen molar-refractivity contribution in [2.45, 2.75) is 32.8 Å². The number of rotatable bonds is 5. The highest BCUT2D eigenvalue weighted by atomic mass is 79.9. The third kappa shape index (κ3) is 4.92. The van der Waals surface area contributed by atoms with Crippen LogP contribution in [0.25, 0.3) is 0 Å². The standard InChI is InChI=1S/C16H24BrN3O/c1-3-18-16(20-10-6-7-11-20)19-12-13(2)21-15-9-5-4-8-14(15)17/h4-5,8-9,13H,3,6-7,10-12H2,1-2H3,(H,18,19). The Morgan fingerprint density at radius 2 is 2.10 bits per heavy atom. The van der Waals surface area contributed by atoms with Gasteiger partial charge in [-0.2, -0.15) is 0 Å². The number of ether oxygens (including phenoxy) is 1. The zero-order chi connectivity index (χ0) is 15.1. The molecular formula is C16H24BrN3O. The van der Waals surface area contributed by atoms with Crippen molar-refractivity contribution in [1.82, 2.24) is 10.2 Å². The molecule has 116 valence electrons. The molecule has 0 amide bonds. The SMILES string of the molecule is CCNC(=NCC(C)Oc1ccccc1Br)N1CCCC1. The molecule has 1 atom stereocenters. The number of hydrogen-bond acceptors (Lipinski definition) is 2. The highest BCUT2D eigenvalue weighted by molar-refractivity contribution is 9.10. The van der Waals surface area contributed by atoms with Gasteiger partial charge in [0.1, 0.15) is 11.9 Å². The smallest absolute Gasteiger partial charge is 0.194 e. The van der Waals surface area contributed by atoms with Crippen LogP contribution in [0, 0.1) is 0 Å². The maximum atomic E-state index is 5.94. The van der Waals surface area contributed by atoms with Gasteiger partial charge in [-0.3, -0.25) is 0 Å². The molecule has 1 saturated heterocycles. The summed E-state index contributed by atoms with van der Waals surface area (Å²) in [6, 6.07) is 7.91. The summed E-state index contributed by atoms with van der Waals surface area (Å²) in [5.74, 6) is 1.88. The summed E-state index contributed by atoms with van der Waals surface area (Å²) in [4.78, 5) is 7.04. The highest BCUT2D eigenvalue weighted by Gasteiger charge is 2.16. The monoisotopic (exact) mass is 353 g/mol. The van der Waals surface area contributed by atoms with Crippen molar-refractivity contribution >= 4 is 21.9 Å². The van der Waals surface area contributed by atoms with E-state index in [4.69, 9.17) is 9.73 Å². The van der Waals surface area contributed by atoms with E-state index in [0.29, 0.717) is 6.54 Å². The van der Waals surface area contributed by atoms with Crippen LogP contribution in [0.4, 0.5) is 0 Å². The number of aliphatic imine (C=N–C) groups is 1. The predicted octanol–water partition coefficient (Wildman–Crippen LogP) is 3.28. The molecule has 0 bridgehead atoms. The van der Waals surface area contributed by atoms with Crippen LogP contribution in [0.3, 0.4) is 0 Å². The van der Waals surface area contributed by atoms with Gasteiger partial charge in [0, 0.05) is 19.6 Å². The molecule has 0 radical (unpaired) electrons. The van der Waals surface area contributed by atoms with Crippen molar-refractivity contribution in [2.75, 3.05) is 26.2 Å². The Balaban J connectivity index is 1.92. The second-order valence-electron chi connectivity index (χ2n) is 5.25. The van der Waals surface area contributed by atoms with E-state index in [0.717, 1.165) is 35.8 Å². The maximum absolute atomic E-state index is 5.94. The Bertz CT molecular complexity index is 472. The molecule has 1 N–H and O–H groups in total. The Morgan fingerprint density at radius 1 is 1.38 bits per heavy atom. The molecule has 4 nitrogen and oxygen atoms in total. The number of nitrogens with zero attached hydrogens (tertiary/aromatic N) is 2. The number of nitrogens with one attached hydrogen (secondary N) is 1. The van der Waals surface area contributed by atoms with Gasteiger partial charge in [0.05, 0.1) is 11.0 Å². The Labute approximate surface area is 135 Å². The van der Waals surface area contributed by atoms with E-state index < -0.39 is 0 Å². The minimum absolute atomic E-state index is 0.0416. The minimum Gasteiger partial charge on any atom is -0.488 e. The summed E-state index contributed by atoms with van der Waals surface area (Å²) >= 11 is 3.50. The first-order valence-electron chi connectivity index (χ1n) is 7.65. The average molecular weight is 354 g/mol. The largest absolute Gasteiger partial charge is 0.488 e. The molecular weight excluding hydrogens is 330 g/mol. The lowest BCUT2D eigenvalue weighted by molar-refractivity contribution is 0.228. The van der Waals surface area contributed by atoms with Crippen LogP contribution in [0.5, 0.6) is 5.75 Å². The third-order valence-electron chi connectivity index (χ3n) is 3.40. The fraction of sp³-hybridized carbons (Fsp3) is 0.562. The van der Waals surface area contributed by atoms with Crippen molar-refractivity contribution in [3.63, 3.8) is 0 Å². The number of guanidine groups is 1. The number of likely N-dealkylation sites (tertiary alicyclic amines) is 1. The van der Waals surface area contributed by atoms with Gasteiger partial charge in [-0.15, -0.1) is 0 Å². The van der Waals surface area contributed by atoms with Crippen LogP contribution in [-0.4, -0.2) is 43.1 Å². The number of benzene rings is 1. The van der Waals surface area contributed by atoms with Crippen LogP contribution in [0.15, 0.2) is 33.7 Å². The van der Waals surface area contributed by atoms with Gasteiger partial charge < -0.3 is 15.0 Å². The van der Waals surface area contributed by atoms with Crippen LogP contribution in [0.1, 0.15) is 26.7 Å². The second kappa shape index (κ2) is 8.27. The molecule has 2 rings (SSSR count). The van der Waals surface area contributed by atoms with Crippen LogP contribution in [-0.2, 0) is 0 Å². The van der Waals surface area contributed by atoms with Gasteiger partial charge in [-0.05, 0) is 54.8 Å². The first kappa shape index (κ1) is 16.1. The highest BCUT2D eigenvalue weighted by Crippen LogP contribution is 2.24. The third-order valence-corrected chi connectivity index (χ3v) is 4.06. The van der Waals surface area contributed by atoms with Gasteiger partial charge in [0.25, 0.3) is 0 Å². The summed E-state index contributed by atoms with van der Waals surface area (Å²) in [5.41, 5.74) is 0. The normalized spacial score (nSPS) is 16.9. The molecule has 1 heterocycles. The van der Waals surface area contributed by atoms with Crippen molar-refractivity contribution in [1.29, 1.82) is 0 Å². The molecule has 1 fully saturated rings. The van der Waals surface area contributed by atoms with E-state index >= 15 is 0 Å². The molecule has 1 aliphatic heterocycles. The van der Waals surface area contributed by atoms with E-state index in [2.05, 4.69) is 40.0 Å². The molecule has 5 heteroatoms. The van der Waals surface area contributed by atoms with E-state index in [1.54, 1.807) is 0 Å². The molecule has 1 unspecified atom stereocenters. The lowest BCUT2D eigenvalue weighted by atomic mass is 10.3. The number of hydrogen-bond donors (Lipinski definition) is 1. The average Bonchev–Trinajstić information content (AvgIpc) is 3.00. The summed E-state index contributed by atoms with van der Waals surface area (Å²) < 4.78 is 6.92. The Hall–Kier alpha value is -1.23. The summed E-state index contributed by atoms with van der Waals surface area (Å²) in [5, 5.41) is 3.37. The van der Waals surface area contributed by atoms with E-state index in [1.807, 2.05) is 24.3 Å². The second-order valence-corrected chi connectivity index (χ2v) is 6.10. The van der Waals surface area contributed by atoms with Crippen molar-refractivity contribution < 1.29 is 4.74 Å². The zero-order valence-electron chi connectivity index (χ0n) is 12.8. The molecule has 0 saturated carbocycles. The van der Waals surface area contributed by atoms with Gasteiger partial charge in [-0.25, -0.2) is 4.99 Å². The van der Waals surface area contributed by atoms with Gasteiger partial charge in [-0.1, -0.05) is 12.1 Å². The maximum Gasteiger partial charge on any atom is 0.194 e. The van der Waals surface area contributed by atoms with Gasteiger partial charge in [0.2, 0.25) is 0 Å². The van der Waals surface area contributed by atoms with Crippen LogP contribution in [0.2, 0.25) is 0 Å². The van der Waals surface area contributed by atoms with Crippen LogP contribution < -0.4 is 10.1 Å². The summed E-state index contributed by atoms with van der Waals surface area (Å²) in [6.45, 7) is 7.91. The Morgan fingerprint density at radius 3 is 2.76 bits per heavy atom. The number of halogens is 1. The van der Waals surface area contributed by atoms with Gasteiger partial charge >= 0.3 is 0 Å². The van der Waals surface area contributed by atoms with Crippen molar-refractivity contribution in [3.05, 3.63) is 28.7 Å².